The number of rotatable bonds is 0. The Bertz CT molecular complexity index is 875. The van der Waals surface area contributed by atoms with Crippen LogP contribution in [-0.4, -0.2) is 10.2 Å². The van der Waals surface area contributed by atoms with E-state index < -0.39 is 0 Å². The molecular formula is C14H2N4O2S4. The fourth-order valence-corrected chi connectivity index (χ4v) is 6.86. The van der Waals surface area contributed by atoms with E-state index in [1.807, 2.05) is 0 Å². The molecule has 0 aromatic heterocycles. The van der Waals surface area contributed by atoms with Gasteiger partial charge in [-0.2, -0.15) is 0 Å². The van der Waals surface area contributed by atoms with E-state index in [0.717, 1.165) is 47.0 Å². The fraction of sp³-hybridized carbons (Fsp3) is 0. The smallest absolute Gasteiger partial charge is 0.282 e. The van der Waals surface area contributed by atoms with Crippen molar-refractivity contribution in [1.82, 2.24) is 0 Å². The third kappa shape index (κ3) is 2.38. The Kier molecular flexibility index (Phi) is 4.32. The predicted molar refractivity (Wildman–Crippen MR) is 91.7 cm³/mol. The SMILES string of the molecule is [C-]#[N+]C(C#N)=C1Sc2c(O)c3c(c(O)c2S1)SC(=C(C#N)[N+]#[C-])S3. The van der Waals surface area contributed by atoms with Gasteiger partial charge in [0.1, 0.15) is 11.5 Å². The van der Waals surface area contributed by atoms with Crippen molar-refractivity contribution in [1.29, 1.82) is 10.5 Å². The maximum atomic E-state index is 10.5. The first-order valence-corrected chi connectivity index (χ1v) is 9.19. The Balaban J connectivity index is 2.15. The van der Waals surface area contributed by atoms with Gasteiger partial charge >= 0.3 is 0 Å². The molecule has 2 aliphatic rings. The summed E-state index contributed by atoms with van der Waals surface area (Å²) >= 11 is 4.21. The molecule has 0 spiro atoms. The summed E-state index contributed by atoms with van der Waals surface area (Å²) in [5.74, 6) is -0.162. The zero-order valence-corrected chi connectivity index (χ0v) is 14.6. The molecule has 0 radical (unpaired) electrons. The van der Waals surface area contributed by atoms with Crippen LogP contribution in [0.5, 0.6) is 11.5 Å². The van der Waals surface area contributed by atoms with Gasteiger partial charge in [0.05, 0.1) is 53.3 Å². The van der Waals surface area contributed by atoms with Crippen molar-refractivity contribution in [3.8, 4) is 23.6 Å². The summed E-state index contributed by atoms with van der Waals surface area (Å²) in [6.45, 7) is 14.0. The molecule has 0 bridgehead atoms. The predicted octanol–water partition coefficient (Wildman–Crippen LogP) is 4.72. The van der Waals surface area contributed by atoms with Crippen LogP contribution in [0.3, 0.4) is 0 Å². The van der Waals surface area contributed by atoms with Gasteiger partial charge in [0.2, 0.25) is 0 Å². The Morgan fingerprint density at radius 1 is 0.750 bits per heavy atom. The molecule has 3 rings (SSSR count). The summed E-state index contributed by atoms with van der Waals surface area (Å²) in [6, 6.07) is 3.59. The maximum absolute atomic E-state index is 10.5. The van der Waals surface area contributed by atoms with Crippen LogP contribution >= 0.6 is 47.0 Å². The molecule has 24 heavy (non-hydrogen) atoms. The first-order valence-electron chi connectivity index (χ1n) is 5.92. The molecule has 114 valence electrons. The van der Waals surface area contributed by atoms with Crippen molar-refractivity contribution < 1.29 is 10.2 Å². The van der Waals surface area contributed by atoms with Gasteiger partial charge in [0, 0.05) is 0 Å². The summed E-state index contributed by atoms with van der Waals surface area (Å²) < 4.78 is 0.808. The van der Waals surface area contributed by atoms with Gasteiger partial charge in [0.15, 0.2) is 0 Å². The van der Waals surface area contributed by atoms with Gasteiger partial charge in [-0.1, -0.05) is 47.0 Å². The second-order valence-electron chi connectivity index (χ2n) is 4.14. The normalized spacial score (nSPS) is 14.0. The Hall–Kier alpha value is -2.34. The van der Waals surface area contributed by atoms with Crippen LogP contribution in [0, 0.1) is 35.8 Å². The molecule has 2 N–H and O–H groups in total. The van der Waals surface area contributed by atoms with E-state index in [4.69, 9.17) is 23.7 Å². The van der Waals surface area contributed by atoms with Crippen LogP contribution in [0.4, 0.5) is 0 Å². The molecule has 0 aliphatic carbocycles. The average molecular weight is 386 g/mol. The highest BCUT2D eigenvalue weighted by Gasteiger charge is 2.36. The van der Waals surface area contributed by atoms with Crippen molar-refractivity contribution in [2.45, 2.75) is 19.6 Å². The van der Waals surface area contributed by atoms with Crippen molar-refractivity contribution in [3.63, 3.8) is 0 Å². The van der Waals surface area contributed by atoms with Crippen LogP contribution in [0.15, 0.2) is 39.5 Å². The molecule has 10 heteroatoms. The third-order valence-electron chi connectivity index (χ3n) is 2.87. The van der Waals surface area contributed by atoms with Gasteiger partial charge < -0.3 is 10.2 Å². The van der Waals surface area contributed by atoms with Crippen molar-refractivity contribution in [3.05, 3.63) is 42.7 Å². The number of thioether (sulfide) groups is 4. The molecule has 0 unspecified atom stereocenters. The minimum atomic E-state index is -0.0965. The average Bonchev–Trinajstić information content (AvgIpc) is 3.21. The van der Waals surface area contributed by atoms with E-state index in [1.165, 1.54) is 0 Å². The lowest BCUT2D eigenvalue weighted by Gasteiger charge is -2.08. The quantitative estimate of drug-likeness (QED) is 0.376. The third-order valence-corrected chi connectivity index (χ3v) is 8.05. The maximum Gasteiger partial charge on any atom is 0.282 e. The van der Waals surface area contributed by atoms with Gasteiger partial charge in [-0.15, -0.1) is 0 Å². The minimum Gasteiger partial charge on any atom is -0.505 e. The van der Waals surface area contributed by atoms with E-state index in [-0.39, 0.29) is 22.9 Å². The van der Waals surface area contributed by atoms with E-state index in [0.29, 0.717) is 28.1 Å². The van der Waals surface area contributed by atoms with E-state index in [2.05, 4.69) is 9.69 Å². The minimum absolute atomic E-state index is 0.0812. The lowest BCUT2D eigenvalue weighted by molar-refractivity contribution is 0.411. The number of fused-ring (bicyclic) bond motifs is 2. The summed E-state index contributed by atoms with van der Waals surface area (Å²) in [4.78, 5) is 7.78. The van der Waals surface area contributed by atoms with Crippen molar-refractivity contribution in [2.24, 2.45) is 0 Å². The molecule has 0 saturated carbocycles. The second-order valence-corrected chi connectivity index (χ2v) is 8.74. The lowest BCUT2D eigenvalue weighted by Crippen LogP contribution is -1.81. The summed E-state index contributed by atoms with van der Waals surface area (Å²) in [6.07, 6.45) is 0. The molecule has 1 aromatic carbocycles. The zero-order chi connectivity index (χ0) is 17.4. The number of nitriles is 2. The van der Waals surface area contributed by atoms with Gasteiger partial charge in [-0.3, -0.25) is 0 Å². The molecule has 1 aromatic rings. The standard InChI is InChI=1S/C14H2N4O2S4/c1-17-5(3-15)13-21-9-7(19)11-12(8(20)10(9)22-13)24-14(23-11)6(4-16)18-2/h19-20H. The second kappa shape index (κ2) is 6.28. The molecule has 2 aliphatic heterocycles. The monoisotopic (exact) mass is 386 g/mol. The van der Waals surface area contributed by atoms with Gasteiger partial charge in [0.25, 0.3) is 11.4 Å². The van der Waals surface area contributed by atoms with Crippen molar-refractivity contribution >= 4 is 47.0 Å². The number of allylic oxidation sites excluding steroid dienone is 2. The number of benzene rings is 1. The first kappa shape index (κ1) is 16.5. The number of hydrogen-bond acceptors (Lipinski definition) is 8. The first-order chi connectivity index (χ1) is 11.5. The number of nitrogens with zero attached hydrogens (tertiary/aromatic N) is 4. The molecule has 0 saturated heterocycles. The van der Waals surface area contributed by atoms with Gasteiger partial charge in [-0.25, -0.2) is 20.2 Å². The van der Waals surface area contributed by atoms with Crippen LogP contribution in [0.2, 0.25) is 0 Å². The molecule has 0 amide bonds. The number of phenols is 2. The summed E-state index contributed by atoms with van der Waals surface area (Å²) in [5.41, 5.74) is -0.193. The molecule has 0 atom stereocenters. The lowest BCUT2D eigenvalue weighted by atomic mass is 10.3. The zero-order valence-electron chi connectivity index (χ0n) is 11.3. The Labute approximate surface area is 153 Å². The van der Waals surface area contributed by atoms with Gasteiger partial charge in [-0.05, 0) is 0 Å². The van der Waals surface area contributed by atoms with Crippen molar-refractivity contribution in [2.75, 3.05) is 0 Å². The van der Waals surface area contributed by atoms with E-state index in [9.17, 15) is 10.2 Å². The molecular weight excluding hydrogens is 384 g/mol. The van der Waals surface area contributed by atoms with E-state index in [1.54, 1.807) is 12.1 Å². The van der Waals surface area contributed by atoms with Crippen LogP contribution in [-0.2, 0) is 0 Å². The highest BCUT2D eigenvalue weighted by molar-refractivity contribution is 8.25. The van der Waals surface area contributed by atoms with E-state index >= 15 is 0 Å². The number of hydrogen-bond donors (Lipinski definition) is 2. The Morgan fingerprint density at radius 2 is 1.04 bits per heavy atom. The fourth-order valence-electron chi connectivity index (χ4n) is 1.85. The molecule has 6 nitrogen and oxygen atoms in total. The highest BCUT2D eigenvalue weighted by Crippen LogP contribution is 2.67. The van der Waals surface area contributed by atoms with Crippen LogP contribution in [0.1, 0.15) is 0 Å². The number of aromatic hydroxyl groups is 2. The molecule has 2 heterocycles. The van der Waals surface area contributed by atoms with Crippen LogP contribution in [0.25, 0.3) is 9.69 Å². The highest BCUT2D eigenvalue weighted by atomic mass is 32.2. The number of phenolic OH excluding ortho intramolecular Hbond substituents is 2. The topological polar surface area (TPSA) is 96.8 Å². The van der Waals surface area contributed by atoms with Crippen LogP contribution < -0.4 is 0 Å². The molecule has 0 fully saturated rings. The largest absolute Gasteiger partial charge is 0.505 e. The summed E-state index contributed by atoms with van der Waals surface area (Å²) in [5, 5.41) is 38.9. The summed E-state index contributed by atoms with van der Waals surface area (Å²) in [7, 11) is 0. The Morgan fingerprint density at radius 3 is 1.25 bits per heavy atom.